The molecule has 0 aliphatic heterocycles. The summed E-state index contributed by atoms with van der Waals surface area (Å²) in [5.74, 6) is 0.681. The van der Waals surface area contributed by atoms with Gasteiger partial charge in [-0.1, -0.05) is 0 Å². The summed E-state index contributed by atoms with van der Waals surface area (Å²) in [5, 5.41) is 11.7. The van der Waals surface area contributed by atoms with Gasteiger partial charge in [0.2, 0.25) is 0 Å². The Kier molecular flexibility index (Phi) is 5.39. The van der Waals surface area contributed by atoms with Crippen LogP contribution in [0.3, 0.4) is 0 Å². The molecule has 1 heterocycles. The average Bonchev–Trinajstić information content (AvgIpc) is 2.45. The van der Waals surface area contributed by atoms with Crippen LogP contribution in [0, 0.1) is 11.3 Å². The standard InChI is InChI=1S/C14H11Br2N3O/c15-10-7-13(16)14(19-8-10)9-18-11-1-3-12(4-2-11)20-6-5-17/h1-4,7-8,18H,6,9H2. The predicted molar refractivity (Wildman–Crippen MR) is 84.5 cm³/mol. The highest BCUT2D eigenvalue weighted by Gasteiger charge is 2.02. The number of nitrogens with zero attached hydrogens (tertiary/aromatic N) is 2. The number of aromatic nitrogens is 1. The van der Waals surface area contributed by atoms with Gasteiger partial charge in [0.1, 0.15) is 11.8 Å². The van der Waals surface area contributed by atoms with Crippen molar-refractivity contribution in [1.82, 2.24) is 4.98 Å². The van der Waals surface area contributed by atoms with Crippen LogP contribution in [-0.2, 0) is 6.54 Å². The molecule has 4 nitrogen and oxygen atoms in total. The van der Waals surface area contributed by atoms with Crippen molar-refractivity contribution in [2.45, 2.75) is 6.54 Å². The van der Waals surface area contributed by atoms with Crippen LogP contribution in [0.2, 0.25) is 0 Å². The van der Waals surface area contributed by atoms with E-state index in [1.165, 1.54) is 0 Å². The second-order valence-electron chi connectivity index (χ2n) is 3.91. The molecule has 2 aromatic rings. The van der Waals surface area contributed by atoms with E-state index in [-0.39, 0.29) is 6.61 Å². The van der Waals surface area contributed by atoms with Crippen molar-refractivity contribution in [3.05, 3.63) is 51.2 Å². The number of benzene rings is 1. The minimum absolute atomic E-state index is 0.0581. The fourth-order valence-corrected chi connectivity index (χ4v) is 2.67. The zero-order valence-electron chi connectivity index (χ0n) is 10.4. The molecule has 0 bridgehead atoms. The molecule has 6 heteroatoms. The summed E-state index contributed by atoms with van der Waals surface area (Å²) < 4.78 is 7.08. The lowest BCUT2D eigenvalue weighted by Gasteiger charge is -2.08. The number of hydrogen-bond donors (Lipinski definition) is 1. The Morgan fingerprint density at radius 3 is 2.65 bits per heavy atom. The topological polar surface area (TPSA) is 57.9 Å². The third-order valence-electron chi connectivity index (χ3n) is 2.50. The van der Waals surface area contributed by atoms with Crippen molar-refractivity contribution in [2.24, 2.45) is 0 Å². The van der Waals surface area contributed by atoms with E-state index < -0.39 is 0 Å². The Labute approximate surface area is 134 Å². The van der Waals surface area contributed by atoms with Crippen LogP contribution >= 0.6 is 31.9 Å². The minimum Gasteiger partial charge on any atom is -0.479 e. The third kappa shape index (κ3) is 4.22. The normalized spacial score (nSPS) is 9.85. The minimum atomic E-state index is 0.0581. The van der Waals surface area contributed by atoms with E-state index in [9.17, 15) is 0 Å². The highest BCUT2D eigenvalue weighted by Crippen LogP contribution is 2.21. The number of rotatable bonds is 5. The van der Waals surface area contributed by atoms with Gasteiger partial charge in [-0.2, -0.15) is 5.26 Å². The zero-order chi connectivity index (χ0) is 14.4. The molecule has 0 saturated heterocycles. The zero-order valence-corrected chi connectivity index (χ0v) is 13.6. The number of ether oxygens (including phenoxy) is 1. The van der Waals surface area contributed by atoms with E-state index >= 15 is 0 Å². The molecule has 102 valence electrons. The van der Waals surface area contributed by atoms with E-state index in [1.54, 1.807) is 6.20 Å². The van der Waals surface area contributed by atoms with Crippen molar-refractivity contribution in [3.8, 4) is 11.8 Å². The number of hydrogen-bond acceptors (Lipinski definition) is 4. The molecule has 1 aromatic carbocycles. The van der Waals surface area contributed by atoms with Gasteiger partial charge in [0.05, 0.1) is 12.2 Å². The second-order valence-corrected chi connectivity index (χ2v) is 5.68. The first kappa shape index (κ1) is 14.8. The number of nitriles is 1. The molecule has 1 N–H and O–H groups in total. The SMILES string of the molecule is N#CCOc1ccc(NCc2ncc(Br)cc2Br)cc1. The van der Waals surface area contributed by atoms with E-state index in [2.05, 4.69) is 42.2 Å². The van der Waals surface area contributed by atoms with Crippen LogP contribution in [0.25, 0.3) is 0 Å². The van der Waals surface area contributed by atoms with Gasteiger partial charge in [0, 0.05) is 20.8 Å². The first-order valence-electron chi connectivity index (χ1n) is 5.82. The molecule has 0 unspecified atom stereocenters. The Morgan fingerprint density at radius 1 is 1.25 bits per heavy atom. The summed E-state index contributed by atoms with van der Waals surface area (Å²) >= 11 is 6.85. The van der Waals surface area contributed by atoms with Crippen LogP contribution in [0.4, 0.5) is 5.69 Å². The van der Waals surface area contributed by atoms with Crippen molar-refractivity contribution < 1.29 is 4.74 Å². The smallest absolute Gasteiger partial charge is 0.174 e. The van der Waals surface area contributed by atoms with Crippen molar-refractivity contribution in [2.75, 3.05) is 11.9 Å². The fourth-order valence-electron chi connectivity index (χ4n) is 1.54. The number of anilines is 1. The summed E-state index contributed by atoms with van der Waals surface area (Å²) in [6, 6.07) is 11.3. The molecular formula is C14H11Br2N3O. The summed E-state index contributed by atoms with van der Waals surface area (Å²) in [7, 11) is 0. The van der Waals surface area contributed by atoms with Gasteiger partial charge in [0.25, 0.3) is 0 Å². The summed E-state index contributed by atoms with van der Waals surface area (Å²) in [6.45, 7) is 0.675. The van der Waals surface area contributed by atoms with Crippen LogP contribution in [0.15, 0.2) is 45.5 Å². The van der Waals surface area contributed by atoms with Gasteiger partial charge in [-0.15, -0.1) is 0 Å². The molecule has 2 rings (SSSR count). The first-order valence-corrected chi connectivity index (χ1v) is 7.41. The van der Waals surface area contributed by atoms with Crippen LogP contribution in [0.5, 0.6) is 5.75 Å². The van der Waals surface area contributed by atoms with Crippen molar-refractivity contribution in [1.29, 1.82) is 5.26 Å². The van der Waals surface area contributed by atoms with E-state index in [0.717, 1.165) is 20.3 Å². The summed E-state index contributed by atoms with van der Waals surface area (Å²) in [4.78, 5) is 4.33. The lowest BCUT2D eigenvalue weighted by Crippen LogP contribution is -2.02. The maximum absolute atomic E-state index is 8.44. The third-order valence-corrected chi connectivity index (χ3v) is 3.62. The number of pyridine rings is 1. The first-order chi connectivity index (χ1) is 9.69. The summed E-state index contributed by atoms with van der Waals surface area (Å²) in [5.41, 5.74) is 1.89. The fraction of sp³-hybridized carbons (Fsp3) is 0.143. The van der Waals surface area contributed by atoms with Gasteiger partial charge in [-0.05, 0) is 62.2 Å². The van der Waals surface area contributed by atoms with Crippen LogP contribution in [-0.4, -0.2) is 11.6 Å². The highest BCUT2D eigenvalue weighted by atomic mass is 79.9. The van der Waals surface area contributed by atoms with Gasteiger partial charge < -0.3 is 10.1 Å². The van der Waals surface area contributed by atoms with Gasteiger partial charge in [-0.25, -0.2) is 0 Å². The molecule has 0 aliphatic carbocycles. The molecule has 0 amide bonds. The molecule has 0 saturated carbocycles. The number of nitrogens with one attached hydrogen (secondary N) is 1. The second kappa shape index (κ2) is 7.27. The lowest BCUT2D eigenvalue weighted by molar-refractivity contribution is 0.368. The Bertz CT molecular complexity index is 623. The Morgan fingerprint density at radius 2 is 2.00 bits per heavy atom. The predicted octanol–water partition coefficient (Wildman–Crippen LogP) is 4.12. The molecule has 1 aromatic heterocycles. The molecule has 0 fully saturated rings. The van der Waals surface area contributed by atoms with Gasteiger partial charge in [0.15, 0.2) is 6.61 Å². The Balaban J connectivity index is 1.95. The molecule has 0 aliphatic rings. The maximum Gasteiger partial charge on any atom is 0.174 e. The maximum atomic E-state index is 8.44. The van der Waals surface area contributed by atoms with Crippen LogP contribution in [0.1, 0.15) is 5.69 Å². The highest BCUT2D eigenvalue weighted by molar-refractivity contribution is 9.11. The Hall–Kier alpha value is -1.58. The van der Waals surface area contributed by atoms with E-state index in [0.29, 0.717) is 12.3 Å². The molecule has 0 atom stereocenters. The number of halogens is 2. The van der Waals surface area contributed by atoms with Gasteiger partial charge >= 0.3 is 0 Å². The molecular weight excluding hydrogens is 386 g/mol. The molecule has 20 heavy (non-hydrogen) atoms. The largest absolute Gasteiger partial charge is 0.479 e. The van der Waals surface area contributed by atoms with E-state index in [4.69, 9.17) is 10.00 Å². The lowest BCUT2D eigenvalue weighted by atomic mass is 10.3. The van der Waals surface area contributed by atoms with Crippen LogP contribution < -0.4 is 10.1 Å². The van der Waals surface area contributed by atoms with E-state index in [1.807, 2.05) is 36.4 Å². The monoisotopic (exact) mass is 395 g/mol. The van der Waals surface area contributed by atoms with Gasteiger partial charge in [-0.3, -0.25) is 4.98 Å². The molecule has 0 radical (unpaired) electrons. The van der Waals surface area contributed by atoms with Crippen molar-refractivity contribution >= 4 is 37.5 Å². The molecule has 0 spiro atoms. The average molecular weight is 397 g/mol. The summed E-state index contributed by atoms with van der Waals surface area (Å²) in [6.07, 6.45) is 1.76. The quantitative estimate of drug-likeness (QED) is 0.825. The van der Waals surface area contributed by atoms with Crippen molar-refractivity contribution in [3.63, 3.8) is 0 Å².